The summed E-state index contributed by atoms with van der Waals surface area (Å²) in [6, 6.07) is -6.80. The summed E-state index contributed by atoms with van der Waals surface area (Å²) in [6.07, 6.45) is 0. The zero-order valence-electron chi connectivity index (χ0n) is 42.8. The second-order valence-corrected chi connectivity index (χ2v) is 9.65. The molecule has 0 aliphatic rings. The Hall–Kier alpha value is -5.66. The molecule has 0 fully saturated rings. The van der Waals surface area contributed by atoms with E-state index >= 15 is 0 Å². The van der Waals surface area contributed by atoms with Crippen molar-refractivity contribution >= 4 is 54.3 Å². The number of fused-ring (bicyclic) bond motifs is 6. The van der Waals surface area contributed by atoms with Gasteiger partial charge in [-0.2, -0.15) is 0 Å². The average Bonchev–Trinajstić information content (AvgIpc) is 3.63. The molecule has 8 aromatic carbocycles. The first kappa shape index (κ1) is 11.2. The molecule has 9 rings (SSSR count). The molecule has 43 heavy (non-hydrogen) atoms. The Morgan fingerprint density at radius 3 is 1.72 bits per heavy atom. The molecule has 200 valence electrons. The monoisotopic (exact) mass is 567 g/mol. The van der Waals surface area contributed by atoms with Crippen LogP contribution in [0.5, 0.6) is 0 Å². The predicted molar refractivity (Wildman–Crippen MR) is 183 cm³/mol. The fourth-order valence-electron chi connectivity index (χ4n) is 5.47. The molecule has 0 radical (unpaired) electrons. The normalized spacial score (nSPS) is 18.6. The fraction of sp³-hybridized carbons (Fsp3) is 0. The van der Waals surface area contributed by atoms with Crippen LogP contribution in [0.15, 0.2) is 162 Å². The minimum atomic E-state index is -0.825. The summed E-state index contributed by atoms with van der Waals surface area (Å²) >= 11 is 0. The van der Waals surface area contributed by atoms with Gasteiger partial charge in [-0.1, -0.05) is 145 Å². The number of hydrogen-bond acceptors (Lipinski definition) is 1. The van der Waals surface area contributed by atoms with Crippen molar-refractivity contribution in [3.05, 3.63) is 157 Å². The molecule has 1 nitrogen and oxygen atoms in total. The largest absolute Gasteiger partial charge is 0.455 e. The van der Waals surface area contributed by atoms with Crippen molar-refractivity contribution in [3.8, 4) is 33.4 Å². The summed E-state index contributed by atoms with van der Waals surface area (Å²) in [5, 5.41) is -0.954. The van der Waals surface area contributed by atoms with E-state index in [9.17, 15) is 6.85 Å². The standard InChI is InChI=1S/C42H26O/c1-2-11-30-26-31(25-22-27(30)10-1)28-20-23-29(24-21-28)40-33-13-3-5-15-35(33)41(36-16-6-4-14-34(36)40)38-18-9-17-37-32-12-7-8-19-39(32)43-42(37)38/h1-26H/i1D,2D,3D,4D,5D,6D,7D,8D,9D,10D,11D,12D,18D,19D,20D,21D,22D,23D,24D,25D,26D. The van der Waals surface area contributed by atoms with E-state index in [2.05, 4.69) is 0 Å². The zero-order valence-corrected chi connectivity index (χ0v) is 21.8. The van der Waals surface area contributed by atoms with Crippen molar-refractivity contribution in [1.82, 2.24) is 0 Å². The summed E-state index contributed by atoms with van der Waals surface area (Å²) in [7, 11) is 0. The van der Waals surface area contributed by atoms with Crippen LogP contribution in [0.4, 0.5) is 0 Å². The van der Waals surface area contributed by atoms with E-state index in [0.29, 0.717) is 0 Å². The van der Waals surface area contributed by atoms with Crippen molar-refractivity contribution in [1.29, 1.82) is 0 Å². The lowest BCUT2D eigenvalue weighted by Gasteiger charge is -2.18. The maximum absolute atomic E-state index is 9.44. The summed E-state index contributed by atoms with van der Waals surface area (Å²) in [6.45, 7) is 0. The third-order valence-corrected chi connectivity index (χ3v) is 7.33. The predicted octanol–water partition coefficient (Wildman–Crippen LogP) is 12.0. The van der Waals surface area contributed by atoms with Crippen molar-refractivity contribution in [2.75, 3.05) is 0 Å². The van der Waals surface area contributed by atoms with E-state index in [4.69, 9.17) is 26.3 Å². The Morgan fingerprint density at radius 2 is 0.977 bits per heavy atom. The topological polar surface area (TPSA) is 13.1 Å². The lowest BCUT2D eigenvalue weighted by Crippen LogP contribution is -1.91. The third-order valence-electron chi connectivity index (χ3n) is 7.33. The van der Waals surface area contributed by atoms with Gasteiger partial charge < -0.3 is 4.42 Å². The lowest BCUT2D eigenvalue weighted by atomic mass is 9.85. The second-order valence-electron chi connectivity index (χ2n) is 9.65. The van der Waals surface area contributed by atoms with Gasteiger partial charge in [-0.15, -0.1) is 0 Å². The molecule has 0 bridgehead atoms. The third kappa shape index (κ3) is 3.72. The van der Waals surface area contributed by atoms with Crippen LogP contribution in [-0.4, -0.2) is 0 Å². The number of furan rings is 1. The molecule has 1 heteroatoms. The Balaban J connectivity index is 1.46. The highest BCUT2D eigenvalue weighted by Gasteiger charge is 2.20. The molecule has 1 aromatic heterocycles. The number of benzene rings is 8. The average molecular weight is 568 g/mol. The van der Waals surface area contributed by atoms with Gasteiger partial charge in [0.15, 0.2) is 0 Å². The molecule has 0 spiro atoms. The van der Waals surface area contributed by atoms with Crippen LogP contribution in [0.25, 0.3) is 87.6 Å². The quantitative estimate of drug-likeness (QED) is 0.194. The SMILES string of the molecule is [2H]c1cc2c(-c3c([2H])c([2H])c(-c4c([2H])c([2H])c5c([2H])c([2H])c([2H])c([2H])c5c4[2H])c([2H])c3[2H])c3cc([2H])c([2H])cc3c(-c3c([2H])c([2H])cc4c3oc3c([2H])c([2H])c([2H])c([2H])c34)c2cc1[2H]. The summed E-state index contributed by atoms with van der Waals surface area (Å²) in [5.74, 6) is 0. The summed E-state index contributed by atoms with van der Waals surface area (Å²) in [5.41, 5.74) is -2.39. The van der Waals surface area contributed by atoms with E-state index in [1.807, 2.05) is 0 Å². The number of para-hydroxylation sites is 2. The Morgan fingerprint density at radius 1 is 0.395 bits per heavy atom. The Kier molecular flexibility index (Phi) is 2.46. The van der Waals surface area contributed by atoms with E-state index in [0.717, 1.165) is 0 Å². The van der Waals surface area contributed by atoms with Gasteiger partial charge >= 0.3 is 0 Å². The van der Waals surface area contributed by atoms with Gasteiger partial charge in [-0.05, 0) is 66.7 Å². The lowest BCUT2D eigenvalue weighted by molar-refractivity contribution is 0.670. The first-order valence-corrected chi connectivity index (χ1v) is 13.0. The highest BCUT2D eigenvalue weighted by atomic mass is 16.3. The molecule has 0 atom stereocenters. The Bertz CT molecular complexity index is 3590. The summed E-state index contributed by atoms with van der Waals surface area (Å²) in [4.78, 5) is 0. The van der Waals surface area contributed by atoms with Crippen LogP contribution >= 0.6 is 0 Å². The van der Waals surface area contributed by atoms with Crippen molar-refractivity contribution in [2.45, 2.75) is 0 Å². The molecule has 0 aliphatic heterocycles. The molecular weight excluding hydrogens is 520 g/mol. The highest BCUT2D eigenvalue weighted by Crippen LogP contribution is 2.46. The fourth-order valence-corrected chi connectivity index (χ4v) is 5.47. The summed E-state index contributed by atoms with van der Waals surface area (Å²) < 4.78 is 190. The van der Waals surface area contributed by atoms with Crippen LogP contribution in [0.2, 0.25) is 0 Å². The van der Waals surface area contributed by atoms with E-state index in [1.165, 1.54) is 30.3 Å². The van der Waals surface area contributed by atoms with Gasteiger partial charge in [0.2, 0.25) is 0 Å². The number of hydrogen-bond donors (Lipinski definition) is 0. The van der Waals surface area contributed by atoms with E-state index in [1.54, 1.807) is 0 Å². The maximum Gasteiger partial charge on any atom is 0.143 e. The molecule has 0 saturated heterocycles. The van der Waals surface area contributed by atoms with Crippen molar-refractivity contribution in [2.24, 2.45) is 0 Å². The molecule has 0 N–H and O–H groups in total. The zero-order chi connectivity index (χ0) is 46.6. The molecule has 0 amide bonds. The van der Waals surface area contributed by atoms with Gasteiger partial charge in [0.05, 0.1) is 28.8 Å². The van der Waals surface area contributed by atoms with Gasteiger partial charge in [-0.3, -0.25) is 0 Å². The van der Waals surface area contributed by atoms with Crippen LogP contribution in [0, 0.1) is 0 Å². The minimum Gasteiger partial charge on any atom is -0.455 e. The molecule has 9 aromatic rings. The van der Waals surface area contributed by atoms with Gasteiger partial charge in [-0.25, -0.2) is 0 Å². The smallest absolute Gasteiger partial charge is 0.143 e. The van der Waals surface area contributed by atoms with Crippen molar-refractivity contribution < 1.29 is 33.2 Å². The van der Waals surface area contributed by atoms with E-state index < -0.39 is 130 Å². The van der Waals surface area contributed by atoms with Crippen LogP contribution in [-0.2, 0) is 0 Å². The highest BCUT2D eigenvalue weighted by molar-refractivity contribution is 6.24. The molecule has 0 saturated carbocycles. The molecule has 0 aliphatic carbocycles. The first-order valence-electron chi connectivity index (χ1n) is 23.5. The minimum absolute atomic E-state index is 0.00225. The second kappa shape index (κ2) is 9.44. The van der Waals surface area contributed by atoms with Crippen molar-refractivity contribution in [3.63, 3.8) is 0 Å². The van der Waals surface area contributed by atoms with Gasteiger partial charge in [0, 0.05) is 21.9 Å². The molecule has 0 unspecified atom stereocenters. The van der Waals surface area contributed by atoms with Crippen LogP contribution in [0.1, 0.15) is 28.8 Å². The van der Waals surface area contributed by atoms with E-state index in [-0.39, 0.29) is 84.3 Å². The van der Waals surface area contributed by atoms with Gasteiger partial charge in [0.1, 0.15) is 11.2 Å². The van der Waals surface area contributed by atoms with Gasteiger partial charge in [0.25, 0.3) is 0 Å². The molecule has 1 heterocycles. The first-order chi connectivity index (χ1) is 30.0. The van der Waals surface area contributed by atoms with Crippen LogP contribution in [0.3, 0.4) is 0 Å². The van der Waals surface area contributed by atoms with Crippen LogP contribution < -0.4 is 0 Å². The molecular formula is C42H26O. The maximum atomic E-state index is 9.44. The number of rotatable bonds is 3. The Labute approximate surface area is 278 Å².